The third-order valence-corrected chi connectivity index (χ3v) is 2.79. The molecule has 0 saturated heterocycles. The molecule has 1 unspecified atom stereocenters. The molecule has 0 aliphatic carbocycles. The molecule has 1 N–H and O–H groups in total. The summed E-state index contributed by atoms with van der Waals surface area (Å²) in [5, 5.41) is 2.98. The summed E-state index contributed by atoms with van der Waals surface area (Å²) in [6.45, 7) is 8.13. The van der Waals surface area contributed by atoms with Gasteiger partial charge >= 0.3 is 0 Å². The fraction of sp³-hybridized carbons (Fsp3) is 0.538. The first-order valence-electron chi connectivity index (χ1n) is 5.69. The molecule has 3 nitrogen and oxygen atoms in total. The van der Waals surface area contributed by atoms with Crippen LogP contribution in [-0.4, -0.2) is 10.9 Å². The van der Waals surface area contributed by atoms with Gasteiger partial charge in [-0.1, -0.05) is 26.8 Å². The Morgan fingerprint density at radius 1 is 1.47 bits per heavy atom. The Morgan fingerprint density at radius 2 is 2.12 bits per heavy atom. The van der Waals surface area contributed by atoms with Crippen molar-refractivity contribution in [2.45, 2.75) is 40.2 Å². The summed E-state index contributed by atoms with van der Waals surface area (Å²) in [6, 6.07) is 3.83. The molecule has 1 amide bonds. The van der Waals surface area contributed by atoms with Crippen LogP contribution in [0.15, 0.2) is 22.9 Å². The molecule has 0 bridgehead atoms. The monoisotopic (exact) mass is 298 g/mol. The maximum absolute atomic E-state index is 11.8. The predicted octanol–water partition coefficient (Wildman–Crippen LogP) is 3.46. The molecule has 0 aliphatic heterocycles. The summed E-state index contributed by atoms with van der Waals surface area (Å²) in [7, 11) is 0. The molecule has 1 aromatic rings. The van der Waals surface area contributed by atoms with Gasteiger partial charge in [-0.3, -0.25) is 4.79 Å². The Labute approximate surface area is 111 Å². The minimum atomic E-state index is -0.00884. The predicted molar refractivity (Wildman–Crippen MR) is 72.6 cm³/mol. The van der Waals surface area contributed by atoms with E-state index in [9.17, 15) is 4.79 Å². The first kappa shape index (κ1) is 14.2. The highest BCUT2D eigenvalue weighted by molar-refractivity contribution is 9.10. The van der Waals surface area contributed by atoms with Crippen LogP contribution in [0.4, 0.5) is 0 Å². The lowest BCUT2D eigenvalue weighted by Crippen LogP contribution is -2.29. The fourth-order valence-corrected chi connectivity index (χ4v) is 1.74. The Balaban J connectivity index is 2.57. The Bertz CT molecular complexity index is 381. The summed E-state index contributed by atoms with van der Waals surface area (Å²) in [5.41, 5.74) is 1.03. The van der Waals surface area contributed by atoms with Gasteiger partial charge in [0.1, 0.15) is 4.60 Å². The highest BCUT2D eigenvalue weighted by Crippen LogP contribution is 2.19. The zero-order valence-electron chi connectivity index (χ0n) is 10.7. The molecule has 0 aliphatic rings. The van der Waals surface area contributed by atoms with E-state index >= 15 is 0 Å². The number of aromatic nitrogens is 1. The van der Waals surface area contributed by atoms with E-state index in [2.05, 4.69) is 47.0 Å². The molecule has 94 valence electrons. The molecule has 0 saturated carbocycles. The Hall–Kier alpha value is -0.900. The van der Waals surface area contributed by atoms with E-state index in [4.69, 9.17) is 0 Å². The number of nitrogens with zero attached hydrogens (tertiary/aromatic N) is 1. The molecule has 0 radical (unpaired) electrons. The first-order valence-corrected chi connectivity index (χ1v) is 6.48. The zero-order chi connectivity index (χ0) is 13.1. The van der Waals surface area contributed by atoms with Gasteiger partial charge in [0.05, 0.1) is 6.04 Å². The summed E-state index contributed by atoms with van der Waals surface area (Å²) in [5.74, 6) is 0.0768. The number of hydrogen-bond acceptors (Lipinski definition) is 2. The summed E-state index contributed by atoms with van der Waals surface area (Å²) in [4.78, 5) is 15.9. The number of nitrogens with one attached hydrogen (secondary N) is 1. The van der Waals surface area contributed by atoms with Crippen LogP contribution in [-0.2, 0) is 4.79 Å². The van der Waals surface area contributed by atoms with Gasteiger partial charge in [0.15, 0.2) is 0 Å². The number of amides is 1. The molecule has 1 heterocycles. The van der Waals surface area contributed by atoms with Gasteiger partial charge in [0, 0.05) is 12.6 Å². The van der Waals surface area contributed by atoms with E-state index in [0.29, 0.717) is 6.42 Å². The van der Waals surface area contributed by atoms with Gasteiger partial charge in [0.25, 0.3) is 0 Å². The molecular weight excluding hydrogens is 280 g/mol. The number of carbonyl (C=O) groups excluding carboxylic acids is 1. The van der Waals surface area contributed by atoms with Crippen molar-refractivity contribution in [2.75, 3.05) is 0 Å². The van der Waals surface area contributed by atoms with Crippen molar-refractivity contribution >= 4 is 21.8 Å². The average Bonchev–Trinajstić information content (AvgIpc) is 2.15. The van der Waals surface area contributed by atoms with E-state index in [1.807, 2.05) is 19.1 Å². The highest BCUT2D eigenvalue weighted by Gasteiger charge is 2.17. The van der Waals surface area contributed by atoms with Gasteiger partial charge < -0.3 is 5.32 Å². The fourth-order valence-electron chi connectivity index (χ4n) is 1.50. The summed E-state index contributed by atoms with van der Waals surface area (Å²) < 4.78 is 0.800. The lowest BCUT2D eigenvalue weighted by molar-refractivity contribution is -0.123. The van der Waals surface area contributed by atoms with Crippen molar-refractivity contribution in [2.24, 2.45) is 5.41 Å². The Morgan fingerprint density at radius 3 is 2.59 bits per heavy atom. The van der Waals surface area contributed by atoms with Crippen LogP contribution in [0.25, 0.3) is 0 Å². The zero-order valence-corrected chi connectivity index (χ0v) is 12.3. The van der Waals surface area contributed by atoms with E-state index in [0.717, 1.165) is 10.2 Å². The standard InChI is InChI=1S/C13H19BrN2O/c1-9(10-5-6-11(14)15-8-10)16-12(17)7-13(2,3)4/h5-6,8-9H,7H2,1-4H3,(H,16,17). The summed E-state index contributed by atoms with van der Waals surface area (Å²) >= 11 is 3.29. The topological polar surface area (TPSA) is 42.0 Å². The second-order valence-electron chi connectivity index (χ2n) is 5.44. The maximum atomic E-state index is 11.8. The van der Waals surface area contributed by atoms with Crippen LogP contribution in [0.5, 0.6) is 0 Å². The average molecular weight is 299 g/mol. The lowest BCUT2D eigenvalue weighted by Gasteiger charge is -2.20. The third-order valence-electron chi connectivity index (χ3n) is 2.32. The van der Waals surface area contributed by atoms with Crippen molar-refractivity contribution in [3.8, 4) is 0 Å². The maximum Gasteiger partial charge on any atom is 0.220 e. The number of pyridine rings is 1. The number of halogens is 1. The van der Waals surface area contributed by atoms with Crippen molar-refractivity contribution in [1.82, 2.24) is 10.3 Å². The van der Waals surface area contributed by atoms with Gasteiger partial charge in [0.2, 0.25) is 5.91 Å². The molecule has 1 aromatic heterocycles. The minimum Gasteiger partial charge on any atom is -0.350 e. The second kappa shape index (κ2) is 5.63. The van der Waals surface area contributed by atoms with Crippen molar-refractivity contribution in [1.29, 1.82) is 0 Å². The second-order valence-corrected chi connectivity index (χ2v) is 6.25. The number of carbonyl (C=O) groups is 1. The normalized spacial score (nSPS) is 13.2. The Kier molecular flexibility index (Phi) is 4.69. The first-order chi connectivity index (χ1) is 7.78. The smallest absolute Gasteiger partial charge is 0.220 e. The molecule has 0 spiro atoms. The molecule has 0 aromatic carbocycles. The molecule has 17 heavy (non-hydrogen) atoms. The van der Waals surface area contributed by atoms with Crippen molar-refractivity contribution in [3.05, 3.63) is 28.5 Å². The van der Waals surface area contributed by atoms with Crippen LogP contribution >= 0.6 is 15.9 Å². The van der Waals surface area contributed by atoms with Gasteiger partial charge in [-0.05, 0) is 39.9 Å². The van der Waals surface area contributed by atoms with Crippen molar-refractivity contribution < 1.29 is 4.79 Å². The highest BCUT2D eigenvalue weighted by atomic mass is 79.9. The van der Waals surface area contributed by atoms with E-state index < -0.39 is 0 Å². The van der Waals surface area contributed by atoms with Crippen LogP contribution in [0.1, 0.15) is 45.7 Å². The molecule has 0 fully saturated rings. The van der Waals surface area contributed by atoms with Crippen LogP contribution < -0.4 is 5.32 Å². The number of rotatable bonds is 3. The molecule has 1 atom stereocenters. The minimum absolute atomic E-state index is 0.00884. The van der Waals surface area contributed by atoms with E-state index in [-0.39, 0.29) is 17.4 Å². The molecule has 1 rings (SSSR count). The third kappa shape index (κ3) is 5.31. The van der Waals surface area contributed by atoms with Gasteiger partial charge in [-0.2, -0.15) is 0 Å². The van der Waals surface area contributed by atoms with Crippen molar-refractivity contribution in [3.63, 3.8) is 0 Å². The summed E-state index contributed by atoms with van der Waals surface area (Å²) in [6.07, 6.45) is 2.30. The van der Waals surface area contributed by atoms with Gasteiger partial charge in [-0.25, -0.2) is 4.98 Å². The number of hydrogen-bond donors (Lipinski definition) is 1. The largest absolute Gasteiger partial charge is 0.350 e. The van der Waals surface area contributed by atoms with Gasteiger partial charge in [-0.15, -0.1) is 0 Å². The van der Waals surface area contributed by atoms with E-state index in [1.54, 1.807) is 6.20 Å². The van der Waals surface area contributed by atoms with Crippen LogP contribution in [0.3, 0.4) is 0 Å². The van der Waals surface area contributed by atoms with Crippen LogP contribution in [0, 0.1) is 5.41 Å². The lowest BCUT2D eigenvalue weighted by atomic mass is 9.92. The quantitative estimate of drug-likeness (QED) is 0.869. The van der Waals surface area contributed by atoms with Crippen LogP contribution in [0.2, 0.25) is 0 Å². The molecule has 4 heteroatoms. The molecular formula is C13H19BrN2O. The SMILES string of the molecule is CC(NC(=O)CC(C)(C)C)c1ccc(Br)nc1. The van der Waals surface area contributed by atoms with E-state index in [1.165, 1.54) is 0 Å².